The molecule has 0 unspecified atom stereocenters. The Labute approximate surface area is 175 Å². The van der Waals surface area contributed by atoms with Crippen molar-refractivity contribution in [2.45, 2.75) is 18.2 Å². The van der Waals surface area contributed by atoms with E-state index in [9.17, 15) is 22.8 Å². The van der Waals surface area contributed by atoms with E-state index in [1.807, 2.05) is 13.0 Å². The van der Waals surface area contributed by atoms with Gasteiger partial charge in [-0.15, -0.1) is 0 Å². The fourth-order valence-corrected chi connectivity index (χ4v) is 4.20. The van der Waals surface area contributed by atoms with Gasteiger partial charge >= 0.3 is 0 Å². The topological polar surface area (TPSA) is 104 Å². The van der Waals surface area contributed by atoms with Crippen molar-refractivity contribution in [3.05, 3.63) is 65.2 Å². The number of hydrogen-bond acceptors (Lipinski definition) is 5. The summed E-state index contributed by atoms with van der Waals surface area (Å²) in [7, 11) is -3.61. The predicted molar refractivity (Wildman–Crippen MR) is 110 cm³/mol. The maximum absolute atomic E-state index is 13.0. The van der Waals surface area contributed by atoms with E-state index in [4.69, 9.17) is 0 Å². The highest BCUT2D eigenvalue weighted by Gasteiger charge is 2.33. The van der Waals surface area contributed by atoms with Crippen LogP contribution in [0.4, 0.5) is 0 Å². The van der Waals surface area contributed by atoms with E-state index in [0.717, 1.165) is 11.8 Å². The minimum Gasteiger partial charge on any atom is -0.343 e. The van der Waals surface area contributed by atoms with Crippen LogP contribution >= 0.6 is 0 Å². The fourth-order valence-electron chi connectivity index (χ4n) is 3.32. The molecule has 2 aromatic rings. The monoisotopic (exact) mass is 429 g/mol. The van der Waals surface area contributed by atoms with E-state index in [1.54, 1.807) is 30.3 Å². The average Bonchev–Trinajstić information content (AvgIpc) is 3.20. The van der Waals surface area contributed by atoms with E-state index < -0.39 is 21.7 Å². The molecule has 1 fully saturated rings. The van der Waals surface area contributed by atoms with E-state index in [1.165, 1.54) is 22.2 Å². The van der Waals surface area contributed by atoms with Gasteiger partial charge in [0.05, 0.1) is 17.0 Å². The Morgan fingerprint density at radius 1 is 1.00 bits per heavy atom. The van der Waals surface area contributed by atoms with Crippen molar-refractivity contribution in [3.8, 4) is 0 Å². The lowest BCUT2D eigenvalue weighted by atomic mass is 10.1. The third-order valence-electron chi connectivity index (χ3n) is 4.75. The molecular formula is C21H23N3O5S. The third kappa shape index (κ3) is 4.68. The molecule has 1 N–H and O–H groups in total. The van der Waals surface area contributed by atoms with Gasteiger partial charge in [-0.1, -0.05) is 29.8 Å². The lowest BCUT2D eigenvalue weighted by molar-refractivity contribution is -0.139. The molecule has 2 aromatic carbocycles. The van der Waals surface area contributed by atoms with Gasteiger partial charge < -0.3 is 5.32 Å². The number of benzene rings is 2. The second-order valence-electron chi connectivity index (χ2n) is 7.12. The summed E-state index contributed by atoms with van der Waals surface area (Å²) in [6.07, 6.45) is 1.59. The van der Waals surface area contributed by atoms with E-state index >= 15 is 0 Å². The summed E-state index contributed by atoms with van der Waals surface area (Å²) in [6.45, 7) is 2.19. The second kappa shape index (κ2) is 8.66. The number of rotatable bonds is 5. The number of hydrogen-bond donors (Lipinski definition) is 1. The summed E-state index contributed by atoms with van der Waals surface area (Å²) in [4.78, 5) is 37.9. The zero-order valence-corrected chi connectivity index (χ0v) is 17.6. The molecule has 1 aliphatic heterocycles. The summed E-state index contributed by atoms with van der Waals surface area (Å²) in [5.74, 6) is -1.39. The highest BCUT2D eigenvalue weighted by molar-refractivity contribution is 7.90. The maximum atomic E-state index is 13.0. The van der Waals surface area contributed by atoms with Crippen LogP contribution < -0.4 is 5.32 Å². The summed E-state index contributed by atoms with van der Waals surface area (Å²) >= 11 is 0. The van der Waals surface area contributed by atoms with Crippen LogP contribution in [0, 0.1) is 6.92 Å². The molecule has 158 valence electrons. The zero-order chi connectivity index (χ0) is 21.9. The van der Waals surface area contributed by atoms with E-state index in [-0.39, 0.29) is 29.5 Å². The molecule has 3 amide bonds. The average molecular weight is 429 g/mol. The number of nitrogens with zero attached hydrogens (tertiary/aromatic N) is 2. The number of aryl methyl sites for hydroxylation is 1. The quantitative estimate of drug-likeness (QED) is 0.774. The van der Waals surface area contributed by atoms with Crippen molar-refractivity contribution in [1.82, 2.24) is 15.3 Å². The standard InChI is InChI=1S/C21H23N3O5S/c1-15-7-5-8-16(13-15)20(26)22-14-19(25)23-11-6-12-24(23)21(27)17-9-3-4-10-18(17)30(2,28)29/h3-5,7-10,13H,6,11-12,14H2,1-2H3,(H,22,26). The van der Waals surface area contributed by atoms with Crippen molar-refractivity contribution in [1.29, 1.82) is 0 Å². The van der Waals surface area contributed by atoms with Gasteiger partial charge in [0.2, 0.25) is 0 Å². The number of amides is 3. The molecule has 0 saturated carbocycles. The molecule has 8 nitrogen and oxygen atoms in total. The molecule has 0 aliphatic carbocycles. The van der Waals surface area contributed by atoms with Gasteiger partial charge in [-0.25, -0.2) is 18.4 Å². The third-order valence-corrected chi connectivity index (χ3v) is 5.91. The van der Waals surface area contributed by atoms with Crippen LogP contribution in [-0.4, -0.2) is 62.0 Å². The minimum atomic E-state index is -3.61. The fraction of sp³-hybridized carbons (Fsp3) is 0.286. The number of sulfone groups is 1. The van der Waals surface area contributed by atoms with Crippen molar-refractivity contribution in [2.75, 3.05) is 25.9 Å². The van der Waals surface area contributed by atoms with Crippen LogP contribution in [0.5, 0.6) is 0 Å². The first-order chi connectivity index (χ1) is 14.2. The van der Waals surface area contributed by atoms with Crippen molar-refractivity contribution < 1.29 is 22.8 Å². The van der Waals surface area contributed by atoms with E-state index in [0.29, 0.717) is 18.5 Å². The van der Waals surface area contributed by atoms with Gasteiger partial charge in [0.25, 0.3) is 17.7 Å². The van der Waals surface area contributed by atoms with Crippen LogP contribution in [0.1, 0.15) is 32.7 Å². The van der Waals surface area contributed by atoms with Crippen LogP contribution in [0.3, 0.4) is 0 Å². The lowest BCUT2D eigenvalue weighted by Crippen LogP contribution is -2.48. The van der Waals surface area contributed by atoms with Gasteiger partial charge in [-0.3, -0.25) is 14.4 Å². The predicted octanol–water partition coefficient (Wildman–Crippen LogP) is 1.42. The molecule has 0 radical (unpaired) electrons. The number of nitrogens with one attached hydrogen (secondary N) is 1. The SMILES string of the molecule is Cc1cccc(C(=O)NCC(=O)N2CCCN2C(=O)c2ccccc2S(C)(=O)=O)c1. The summed E-state index contributed by atoms with van der Waals surface area (Å²) in [5, 5.41) is 5.08. The highest BCUT2D eigenvalue weighted by Crippen LogP contribution is 2.21. The highest BCUT2D eigenvalue weighted by atomic mass is 32.2. The Balaban J connectivity index is 1.72. The molecule has 1 aliphatic rings. The molecule has 1 heterocycles. The van der Waals surface area contributed by atoms with Gasteiger partial charge in [0, 0.05) is 24.9 Å². The Kier molecular flexibility index (Phi) is 6.21. The Hall–Kier alpha value is -3.20. The van der Waals surface area contributed by atoms with Gasteiger partial charge in [-0.05, 0) is 37.6 Å². The van der Waals surface area contributed by atoms with Gasteiger partial charge in [0.1, 0.15) is 0 Å². The molecule has 30 heavy (non-hydrogen) atoms. The van der Waals surface area contributed by atoms with Crippen LogP contribution in [0.25, 0.3) is 0 Å². The minimum absolute atomic E-state index is 0.0171. The Bertz CT molecular complexity index is 1100. The first-order valence-electron chi connectivity index (χ1n) is 9.44. The Morgan fingerprint density at radius 3 is 2.40 bits per heavy atom. The summed E-state index contributed by atoms with van der Waals surface area (Å²) < 4.78 is 24.1. The van der Waals surface area contributed by atoms with Gasteiger partial charge in [0.15, 0.2) is 9.84 Å². The van der Waals surface area contributed by atoms with Crippen molar-refractivity contribution >= 4 is 27.6 Å². The Morgan fingerprint density at radius 2 is 1.70 bits per heavy atom. The summed E-state index contributed by atoms with van der Waals surface area (Å²) in [6, 6.07) is 12.9. The molecule has 3 rings (SSSR count). The molecule has 0 aromatic heterocycles. The largest absolute Gasteiger partial charge is 0.343 e. The number of hydrazine groups is 1. The number of carbonyl (C=O) groups is 3. The van der Waals surface area contributed by atoms with Crippen LogP contribution in [-0.2, 0) is 14.6 Å². The second-order valence-corrected chi connectivity index (χ2v) is 9.10. The van der Waals surface area contributed by atoms with Crippen molar-refractivity contribution in [2.24, 2.45) is 0 Å². The molecule has 9 heteroatoms. The molecule has 1 saturated heterocycles. The van der Waals surface area contributed by atoms with Crippen molar-refractivity contribution in [3.63, 3.8) is 0 Å². The van der Waals surface area contributed by atoms with Crippen LogP contribution in [0.2, 0.25) is 0 Å². The lowest BCUT2D eigenvalue weighted by Gasteiger charge is -2.28. The van der Waals surface area contributed by atoms with Crippen LogP contribution in [0.15, 0.2) is 53.4 Å². The smallest absolute Gasteiger partial charge is 0.273 e. The first kappa shape index (κ1) is 21.5. The zero-order valence-electron chi connectivity index (χ0n) is 16.8. The normalized spacial score (nSPS) is 13.9. The number of carbonyl (C=O) groups excluding carboxylic acids is 3. The first-order valence-corrected chi connectivity index (χ1v) is 11.3. The summed E-state index contributed by atoms with van der Waals surface area (Å²) in [5.41, 5.74) is 1.39. The maximum Gasteiger partial charge on any atom is 0.273 e. The molecular weight excluding hydrogens is 406 g/mol. The molecule has 0 spiro atoms. The van der Waals surface area contributed by atoms with Gasteiger partial charge in [-0.2, -0.15) is 0 Å². The van der Waals surface area contributed by atoms with E-state index in [2.05, 4.69) is 5.32 Å². The molecule has 0 bridgehead atoms. The molecule has 0 atom stereocenters.